The van der Waals surface area contributed by atoms with Crippen molar-refractivity contribution < 1.29 is 0 Å². The average Bonchev–Trinajstić information content (AvgIpc) is 2.39. The fraction of sp³-hybridized carbons (Fsp3) is 0. The van der Waals surface area contributed by atoms with Crippen LogP contribution in [-0.4, -0.2) is 27.8 Å². The fourth-order valence-corrected chi connectivity index (χ4v) is 1.75. The molecule has 2 aromatic heterocycles. The lowest BCUT2D eigenvalue weighted by atomic mass is 10.1. The van der Waals surface area contributed by atoms with E-state index in [2.05, 4.69) is 19.9 Å². The highest BCUT2D eigenvalue weighted by atomic mass is 14.9. The molecular weight excluding hydrogens is 211 g/mol. The molecular formula is C12H9BN4. The molecule has 0 aliphatic carbocycles. The Kier molecular flexibility index (Phi) is 2.29. The predicted molar refractivity (Wildman–Crippen MR) is 68.7 cm³/mol. The molecule has 0 atom stereocenters. The number of rotatable bonds is 1. The monoisotopic (exact) mass is 220 g/mol. The Morgan fingerprint density at radius 2 is 1.65 bits per heavy atom. The van der Waals surface area contributed by atoms with E-state index in [1.54, 1.807) is 18.7 Å². The normalized spacial score (nSPS) is 10.6. The van der Waals surface area contributed by atoms with Gasteiger partial charge in [-0.25, -0.2) is 9.97 Å². The molecule has 2 heterocycles. The molecule has 0 saturated heterocycles. The molecule has 17 heavy (non-hydrogen) atoms. The Morgan fingerprint density at radius 3 is 2.47 bits per heavy atom. The Labute approximate surface area is 99.2 Å². The summed E-state index contributed by atoms with van der Waals surface area (Å²) in [7, 11) is 1.86. The number of hydrogen-bond donors (Lipinski definition) is 0. The van der Waals surface area contributed by atoms with Gasteiger partial charge in [-0.3, -0.25) is 9.97 Å². The van der Waals surface area contributed by atoms with E-state index in [1.807, 2.05) is 32.1 Å². The summed E-state index contributed by atoms with van der Waals surface area (Å²) < 4.78 is 0. The van der Waals surface area contributed by atoms with Gasteiger partial charge < -0.3 is 0 Å². The number of aromatic nitrogens is 4. The van der Waals surface area contributed by atoms with E-state index in [4.69, 9.17) is 0 Å². The van der Waals surface area contributed by atoms with Crippen molar-refractivity contribution in [1.82, 2.24) is 19.9 Å². The molecule has 0 saturated carbocycles. The van der Waals surface area contributed by atoms with Gasteiger partial charge in [0, 0.05) is 23.3 Å². The number of benzene rings is 1. The largest absolute Gasteiger partial charge is 0.252 e. The molecule has 0 N–H and O–H groups in total. The van der Waals surface area contributed by atoms with Gasteiger partial charge in [-0.15, -0.1) is 0 Å². The van der Waals surface area contributed by atoms with Crippen LogP contribution in [0.15, 0.2) is 43.0 Å². The Balaban J connectivity index is 2.27. The number of fused-ring (bicyclic) bond motifs is 1. The standard InChI is InChI=1S/C12H9BN4/c13-12-14-5-8(6-15-12)11-9-3-1-2-4-10(9)16-7-17-11/h1-7H,13H2. The fourth-order valence-electron chi connectivity index (χ4n) is 1.75. The van der Waals surface area contributed by atoms with Gasteiger partial charge >= 0.3 is 0 Å². The second-order valence-electron chi connectivity index (χ2n) is 3.76. The van der Waals surface area contributed by atoms with Gasteiger partial charge in [0.15, 0.2) is 7.85 Å². The smallest absolute Gasteiger partial charge is 0.189 e. The molecule has 0 aliphatic rings. The van der Waals surface area contributed by atoms with Crippen molar-refractivity contribution in [2.45, 2.75) is 0 Å². The minimum Gasteiger partial charge on any atom is -0.252 e. The van der Waals surface area contributed by atoms with Crippen molar-refractivity contribution in [2.75, 3.05) is 0 Å². The maximum absolute atomic E-state index is 4.32. The van der Waals surface area contributed by atoms with Gasteiger partial charge in [0.1, 0.15) is 6.33 Å². The van der Waals surface area contributed by atoms with Crippen LogP contribution in [0.4, 0.5) is 0 Å². The van der Waals surface area contributed by atoms with E-state index >= 15 is 0 Å². The number of nitrogens with zero attached hydrogens (tertiary/aromatic N) is 4. The highest BCUT2D eigenvalue weighted by Crippen LogP contribution is 2.23. The van der Waals surface area contributed by atoms with Gasteiger partial charge in [-0.2, -0.15) is 0 Å². The maximum atomic E-state index is 4.32. The summed E-state index contributed by atoms with van der Waals surface area (Å²) >= 11 is 0. The quantitative estimate of drug-likeness (QED) is 0.555. The molecule has 80 valence electrons. The van der Waals surface area contributed by atoms with Crippen LogP contribution in [0, 0.1) is 0 Å². The first-order valence-corrected chi connectivity index (χ1v) is 5.33. The molecule has 0 spiro atoms. The van der Waals surface area contributed by atoms with Gasteiger partial charge in [-0.05, 0) is 6.07 Å². The highest BCUT2D eigenvalue weighted by molar-refractivity contribution is 6.28. The predicted octanol–water partition coefficient (Wildman–Crippen LogP) is 0.345. The van der Waals surface area contributed by atoms with Crippen LogP contribution in [0.5, 0.6) is 0 Å². The molecule has 5 heteroatoms. The first-order valence-electron chi connectivity index (χ1n) is 5.33. The van der Waals surface area contributed by atoms with Crippen LogP contribution in [0.25, 0.3) is 22.2 Å². The maximum Gasteiger partial charge on any atom is 0.189 e. The van der Waals surface area contributed by atoms with Crippen LogP contribution in [0.3, 0.4) is 0 Å². The molecule has 3 rings (SSSR count). The first kappa shape index (κ1) is 9.90. The third-order valence-electron chi connectivity index (χ3n) is 2.60. The lowest BCUT2D eigenvalue weighted by molar-refractivity contribution is 1.19. The van der Waals surface area contributed by atoms with E-state index in [1.165, 1.54) is 0 Å². The molecule has 0 amide bonds. The molecule has 3 aromatic rings. The first-order chi connectivity index (χ1) is 8.34. The SMILES string of the molecule is Bc1ncc(-c2ncnc3ccccc23)cn1. The zero-order chi connectivity index (χ0) is 11.7. The van der Waals surface area contributed by atoms with Crippen molar-refractivity contribution in [2.24, 2.45) is 0 Å². The molecule has 0 aliphatic heterocycles. The van der Waals surface area contributed by atoms with Gasteiger partial charge in [0.25, 0.3) is 0 Å². The van der Waals surface area contributed by atoms with E-state index in [9.17, 15) is 0 Å². The van der Waals surface area contributed by atoms with E-state index in [-0.39, 0.29) is 0 Å². The van der Waals surface area contributed by atoms with Crippen molar-refractivity contribution in [3.63, 3.8) is 0 Å². The number of hydrogen-bond acceptors (Lipinski definition) is 4. The van der Waals surface area contributed by atoms with Crippen molar-refractivity contribution in [3.8, 4) is 11.3 Å². The summed E-state index contributed by atoms with van der Waals surface area (Å²) in [6, 6.07) is 7.91. The zero-order valence-electron chi connectivity index (χ0n) is 9.33. The van der Waals surface area contributed by atoms with E-state index in [0.717, 1.165) is 27.9 Å². The summed E-state index contributed by atoms with van der Waals surface area (Å²) in [6.45, 7) is 0. The average molecular weight is 220 g/mol. The zero-order valence-corrected chi connectivity index (χ0v) is 9.33. The highest BCUT2D eigenvalue weighted by Gasteiger charge is 2.05. The second kappa shape index (κ2) is 3.94. The van der Waals surface area contributed by atoms with Crippen molar-refractivity contribution >= 4 is 24.5 Å². The topological polar surface area (TPSA) is 51.6 Å². The van der Waals surface area contributed by atoms with Crippen LogP contribution >= 0.6 is 0 Å². The Bertz CT molecular complexity index is 661. The molecule has 0 fully saturated rings. The van der Waals surface area contributed by atoms with Crippen LogP contribution < -0.4 is 5.72 Å². The van der Waals surface area contributed by atoms with Crippen LogP contribution in [0.1, 0.15) is 0 Å². The summed E-state index contributed by atoms with van der Waals surface area (Å²) in [5.41, 5.74) is 3.47. The van der Waals surface area contributed by atoms with E-state index in [0.29, 0.717) is 0 Å². The molecule has 0 radical (unpaired) electrons. The lowest BCUT2D eigenvalue weighted by Gasteiger charge is -2.04. The van der Waals surface area contributed by atoms with Crippen molar-refractivity contribution in [3.05, 3.63) is 43.0 Å². The Hall–Kier alpha value is -2.30. The van der Waals surface area contributed by atoms with E-state index < -0.39 is 0 Å². The third-order valence-corrected chi connectivity index (χ3v) is 2.60. The van der Waals surface area contributed by atoms with Gasteiger partial charge in [-0.1, -0.05) is 18.2 Å². The number of para-hydroxylation sites is 1. The second-order valence-corrected chi connectivity index (χ2v) is 3.76. The minimum absolute atomic E-state index is 0.757. The summed E-state index contributed by atoms with van der Waals surface area (Å²) in [6.07, 6.45) is 5.14. The van der Waals surface area contributed by atoms with Crippen molar-refractivity contribution in [1.29, 1.82) is 0 Å². The molecule has 4 nitrogen and oxygen atoms in total. The van der Waals surface area contributed by atoms with Gasteiger partial charge in [0.05, 0.1) is 16.9 Å². The minimum atomic E-state index is 0.757. The summed E-state index contributed by atoms with van der Waals surface area (Å²) in [5.74, 6) is 0. The van der Waals surface area contributed by atoms with Crippen LogP contribution in [-0.2, 0) is 0 Å². The third kappa shape index (κ3) is 1.76. The summed E-state index contributed by atoms with van der Waals surface area (Å²) in [5, 5.41) is 1.02. The lowest BCUT2D eigenvalue weighted by Crippen LogP contribution is -2.11. The summed E-state index contributed by atoms with van der Waals surface area (Å²) in [4.78, 5) is 16.9. The van der Waals surface area contributed by atoms with Crippen LogP contribution in [0.2, 0.25) is 0 Å². The Morgan fingerprint density at radius 1 is 0.882 bits per heavy atom. The molecule has 0 unspecified atom stereocenters. The van der Waals surface area contributed by atoms with Gasteiger partial charge in [0.2, 0.25) is 0 Å². The molecule has 1 aromatic carbocycles. The molecule has 0 bridgehead atoms.